The highest BCUT2D eigenvalue weighted by atomic mass is 35.5. The van der Waals surface area contributed by atoms with Gasteiger partial charge in [-0.15, -0.1) is 0 Å². The van der Waals surface area contributed by atoms with E-state index in [9.17, 15) is 9.59 Å². The Kier molecular flexibility index (Phi) is 8.13. The van der Waals surface area contributed by atoms with Gasteiger partial charge >= 0.3 is 5.63 Å². The largest absolute Gasteiger partial charge is 0.479 e. The van der Waals surface area contributed by atoms with E-state index in [-0.39, 0.29) is 5.91 Å². The molecule has 2 heterocycles. The van der Waals surface area contributed by atoms with Crippen LogP contribution in [0.4, 0.5) is 0 Å². The molecule has 0 unspecified atom stereocenters. The Morgan fingerprint density at radius 2 is 2.07 bits per heavy atom. The molecule has 1 fully saturated rings. The summed E-state index contributed by atoms with van der Waals surface area (Å²) >= 11 is 6.41. The fraction of sp³-hybridized carbons (Fsp3) is 0.545. The van der Waals surface area contributed by atoms with E-state index in [0.29, 0.717) is 22.9 Å². The number of aryl methyl sites for hydroxylation is 1. The van der Waals surface area contributed by atoms with Gasteiger partial charge in [-0.25, -0.2) is 4.79 Å². The second kappa shape index (κ2) is 10.8. The van der Waals surface area contributed by atoms with Crippen molar-refractivity contribution in [2.45, 2.75) is 39.2 Å². The van der Waals surface area contributed by atoms with E-state index >= 15 is 0 Å². The van der Waals surface area contributed by atoms with Crippen LogP contribution in [0.25, 0.3) is 11.0 Å². The maximum atomic E-state index is 12.4. The van der Waals surface area contributed by atoms with Crippen molar-refractivity contribution in [3.8, 4) is 5.75 Å². The smallest absolute Gasteiger partial charge is 0.336 e. The Morgan fingerprint density at radius 1 is 1.30 bits per heavy atom. The molecule has 3 rings (SSSR count). The lowest BCUT2D eigenvalue weighted by Gasteiger charge is -2.26. The van der Waals surface area contributed by atoms with Crippen LogP contribution >= 0.6 is 11.6 Å². The number of amides is 1. The average molecular weight is 437 g/mol. The normalized spacial score (nSPS) is 15.8. The summed E-state index contributed by atoms with van der Waals surface area (Å²) in [5.41, 5.74) is 0.911. The first-order valence-electron chi connectivity index (χ1n) is 10.5. The van der Waals surface area contributed by atoms with Crippen LogP contribution in [-0.2, 0) is 16.0 Å². The molecule has 1 aliphatic rings. The summed E-state index contributed by atoms with van der Waals surface area (Å²) < 4.78 is 16.4. The van der Waals surface area contributed by atoms with Gasteiger partial charge in [0.1, 0.15) is 11.3 Å². The van der Waals surface area contributed by atoms with E-state index in [1.807, 2.05) is 0 Å². The molecule has 0 aliphatic carbocycles. The van der Waals surface area contributed by atoms with Gasteiger partial charge in [0, 0.05) is 43.7 Å². The van der Waals surface area contributed by atoms with Crippen molar-refractivity contribution >= 4 is 28.5 Å². The lowest BCUT2D eigenvalue weighted by Crippen LogP contribution is -2.43. The van der Waals surface area contributed by atoms with Crippen LogP contribution in [0.1, 0.15) is 32.3 Å². The molecule has 0 radical (unpaired) electrons. The summed E-state index contributed by atoms with van der Waals surface area (Å²) in [5, 5.41) is 4.06. The predicted octanol–water partition coefficient (Wildman–Crippen LogP) is 3.00. The first-order valence-corrected chi connectivity index (χ1v) is 10.9. The second-order valence-corrected chi connectivity index (χ2v) is 7.89. The molecule has 1 atom stereocenters. The number of hydrogen-bond donors (Lipinski definition) is 1. The number of morpholine rings is 1. The summed E-state index contributed by atoms with van der Waals surface area (Å²) in [7, 11) is 0. The predicted molar refractivity (Wildman–Crippen MR) is 116 cm³/mol. The van der Waals surface area contributed by atoms with Crippen molar-refractivity contribution in [3.63, 3.8) is 0 Å². The number of nitrogens with one attached hydrogen (secondary N) is 1. The van der Waals surface area contributed by atoms with Crippen molar-refractivity contribution in [1.29, 1.82) is 0 Å². The number of hydrogen-bond acceptors (Lipinski definition) is 6. The van der Waals surface area contributed by atoms with Crippen LogP contribution in [0.5, 0.6) is 5.75 Å². The second-order valence-electron chi connectivity index (χ2n) is 7.48. The third-order valence-corrected chi connectivity index (χ3v) is 5.48. The fourth-order valence-electron chi connectivity index (χ4n) is 3.44. The van der Waals surface area contributed by atoms with Crippen molar-refractivity contribution in [2.24, 2.45) is 0 Å². The molecular weight excluding hydrogens is 408 g/mol. The SMILES string of the molecule is CCCCc1cc(=O)oc2cc(O[C@H](C)C(=O)NCCN3CCOCC3)c(Cl)cc12. The first kappa shape index (κ1) is 22.6. The van der Waals surface area contributed by atoms with Gasteiger partial charge in [0.25, 0.3) is 5.91 Å². The van der Waals surface area contributed by atoms with Gasteiger partial charge in [-0.3, -0.25) is 9.69 Å². The van der Waals surface area contributed by atoms with Crippen LogP contribution in [-0.4, -0.2) is 56.3 Å². The highest BCUT2D eigenvalue weighted by Crippen LogP contribution is 2.32. The molecule has 7 nitrogen and oxygen atoms in total. The average Bonchev–Trinajstić information content (AvgIpc) is 2.73. The number of rotatable bonds is 9. The van der Waals surface area contributed by atoms with Gasteiger partial charge in [0.2, 0.25) is 0 Å². The first-order chi connectivity index (χ1) is 14.5. The zero-order valence-corrected chi connectivity index (χ0v) is 18.3. The number of carbonyl (C=O) groups excluding carboxylic acids is 1. The van der Waals surface area contributed by atoms with Gasteiger partial charge in [0.05, 0.1) is 18.2 Å². The van der Waals surface area contributed by atoms with E-state index in [4.69, 9.17) is 25.5 Å². The maximum Gasteiger partial charge on any atom is 0.336 e. The zero-order chi connectivity index (χ0) is 21.5. The number of nitrogens with zero attached hydrogens (tertiary/aromatic N) is 1. The molecular formula is C22H29ClN2O5. The number of ether oxygens (including phenoxy) is 2. The van der Waals surface area contributed by atoms with E-state index < -0.39 is 11.7 Å². The van der Waals surface area contributed by atoms with Crippen LogP contribution in [0.3, 0.4) is 0 Å². The molecule has 1 aromatic carbocycles. The molecule has 30 heavy (non-hydrogen) atoms. The van der Waals surface area contributed by atoms with E-state index in [2.05, 4.69) is 17.1 Å². The third-order valence-electron chi connectivity index (χ3n) is 5.19. The molecule has 0 bridgehead atoms. The summed E-state index contributed by atoms with van der Waals surface area (Å²) in [6, 6.07) is 4.84. The summed E-state index contributed by atoms with van der Waals surface area (Å²) in [4.78, 5) is 26.6. The number of benzene rings is 1. The minimum Gasteiger partial charge on any atom is -0.479 e. The zero-order valence-electron chi connectivity index (χ0n) is 17.5. The minimum atomic E-state index is -0.736. The number of carbonyl (C=O) groups is 1. The number of fused-ring (bicyclic) bond motifs is 1. The molecule has 8 heteroatoms. The Balaban J connectivity index is 1.64. The molecule has 1 aliphatic heterocycles. The Bertz CT molecular complexity index is 924. The van der Waals surface area contributed by atoms with E-state index in [1.54, 1.807) is 19.1 Å². The third kappa shape index (κ3) is 5.97. The molecule has 2 aromatic rings. The highest BCUT2D eigenvalue weighted by Gasteiger charge is 2.18. The Hall–Kier alpha value is -2.09. The lowest BCUT2D eigenvalue weighted by molar-refractivity contribution is -0.127. The van der Waals surface area contributed by atoms with Gasteiger partial charge in [0.15, 0.2) is 6.10 Å². The summed E-state index contributed by atoms with van der Waals surface area (Å²) in [5.74, 6) is 0.0911. The van der Waals surface area contributed by atoms with Gasteiger partial charge in [-0.1, -0.05) is 24.9 Å². The monoisotopic (exact) mass is 436 g/mol. The van der Waals surface area contributed by atoms with Crippen LogP contribution in [0, 0.1) is 0 Å². The van der Waals surface area contributed by atoms with Gasteiger partial charge < -0.3 is 19.2 Å². The number of halogens is 1. The molecule has 0 spiro atoms. The highest BCUT2D eigenvalue weighted by molar-refractivity contribution is 6.32. The van der Waals surface area contributed by atoms with Crippen LogP contribution < -0.4 is 15.7 Å². The number of unbranched alkanes of at least 4 members (excludes halogenated alkanes) is 1. The molecule has 1 N–H and O–H groups in total. The van der Waals surface area contributed by atoms with Crippen molar-refractivity contribution < 1.29 is 18.7 Å². The Morgan fingerprint density at radius 3 is 2.80 bits per heavy atom. The summed E-state index contributed by atoms with van der Waals surface area (Å²) in [6.07, 6.45) is 2.03. The quantitative estimate of drug-likeness (QED) is 0.608. The lowest BCUT2D eigenvalue weighted by atomic mass is 10.0. The molecule has 0 saturated carbocycles. The van der Waals surface area contributed by atoms with Gasteiger partial charge in [-0.2, -0.15) is 0 Å². The molecule has 1 amide bonds. The van der Waals surface area contributed by atoms with Crippen LogP contribution in [0.2, 0.25) is 5.02 Å². The minimum absolute atomic E-state index is 0.224. The van der Waals surface area contributed by atoms with Crippen molar-refractivity contribution in [1.82, 2.24) is 10.2 Å². The van der Waals surface area contributed by atoms with Crippen molar-refractivity contribution in [2.75, 3.05) is 39.4 Å². The van der Waals surface area contributed by atoms with E-state index in [0.717, 1.165) is 63.1 Å². The van der Waals surface area contributed by atoms with Gasteiger partial charge in [-0.05, 0) is 31.4 Å². The van der Waals surface area contributed by atoms with Crippen molar-refractivity contribution in [3.05, 3.63) is 39.2 Å². The topological polar surface area (TPSA) is 81.0 Å². The van der Waals surface area contributed by atoms with E-state index in [1.165, 1.54) is 6.07 Å². The fourth-order valence-corrected chi connectivity index (χ4v) is 3.65. The standard InChI is InChI=1S/C22H29ClN2O5/c1-3-4-5-16-12-21(26)30-19-14-20(18(23)13-17(16)19)29-15(2)22(27)24-6-7-25-8-10-28-11-9-25/h12-15H,3-11H2,1-2H3,(H,24,27)/t15-/m1/s1. The van der Waals surface area contributed by atoms with Crippen LogP contribution in [0.15, 0.2) is 27.4 Å². The Labute approximate surface area is 181 Å². The molecule has 1 aromatic heterocycles. The summed E-state index contributed by atoms with van der Waals surface area (Å²) in [6.45, 7) is 8.27. The molecule has 1 saturated heterocycles. The maximum absolute atomic E-state index is 12.4. The molecule has 164 valence electrons.